The number of para-hydroxylation sites is 1. The Bertz CT molecular complexity index is 380. The van der Waals surface area contributed by atoms with Gasteiger partial charge in [-0.25, -0.2) is 0 Å². The molecule has 2 heteroatoms. The Morgan fingerprint density at radius 2 is 1.93 bits per heavy atom. The summed E-state index contributed by atoms with van der Waals surface area (Å²) in [4.78, 5) is 0. The first kappa shape index (κ1) is 9.08. The summed E-state index contributed by atoms with van der Waals surface area (Å²) >= 11 is 0. The van der Waals surface area contributed by atoms with E-state index in [0.29, 0.717) is 0 Å². The Morgan fingerprint density at radius 3 is 2.73 bits per heavy atom. The SMILES string of the molecule is Nc1cccc2c1OC1(CCCC1)CC2. The van der Waals surface area contributed by atoms with Gasteiger partial charge in [-0.3, -0.25) is 0 Å². The van der Waals surface area contributed by atoms with Crippen LogP contribution in [0.2, 0.25) is 0 Å². The van der Waals surface area contributed by atoms with Crippen molar-refractivity contribution in [3.05, 3.63) is 23.8 Å². The van der Waals surface area contributed by atoms with Crippen molar-refractivity contribution in [3.8, 4) is 5.75 Å². The van der Waals surface area contributed by atoms with E-state index in [1.54, 1.807) is 0 Å². The third-order valence-electron chi connectivity index (χ3n) is 3.81. The number of nitrogens with two attached hydrogens (primary N) is 1. The van der Waals surface area contributed by atoms with Crippen LogP contribution in [0.1, 0.15) is 37.7 Å². The molecule has 1 aliphatic carbocycles. The van der Waals surface area contributed by atoms with E-state index in [-0.39, 0.29) is 5.60 Å². The van der Waals surface area contributed by atoms with Gasteiger partial charge in [-0.15, -0.1) is 0 Å². The van der Waals surface area contributed by atoms with Gasteiger partial charge in [-0.1, -0.05) is 12.1 Å². The van der Waals surface area contributed by atoms with Crippen molar-refractivity contribution < 1.29 is 4.74 Å². The number of ether oxygens (including phenoxy) is 1. The van der Waals surface area contributed by atoms with Crippen LogP contribution in [-0.4, -0.2) is 5.60 Å². The highest BCUT2D eigenvalue weighted by Crippen LogP contribution is 2.44. The molecule has 0 saturated heterocycles. The molecule has 1 fully saturated rings. The molecule has 1 saturated carbocycles. The van der Waals surface area contributed by atoms with Crippen LogP contribution in [0, 0.1) is 0 Å². The minimum absolute atomic E-state index is 0.127. The lowest BCUT2D eigenvalue weighted by molar-refractivity contribution is 0.0542. The van der Waals surface area contributed by atoms with Crippen LogP contribution >= 0.6 is 0 Å². The minimum Gasteiger partial charge on any atom is -0.485 e. The van der Waals surface area contributed by atoms with Crippen molar-refractivity contribution in [1.29, 1.82) is 0 Å². The first-order valence-corrected chi connectivity index (χ1v) is 5.86. The summed E-state index contributed by atoms with van der Waals surface area (Å²) in [6.07, 6.45) is 7.33. The molecule has 1 heterocycles. The van der Waals surface area contributed by atoms with E-state index in [0.717, 1.165) is 17.9 Å². The predicted molar refractivity (Wildman–Crippen MR) is 61.0 cm³/mol. The fourth-order valence-corrected chi connectivity index (χ4v) is 2.93. The molecule has 1 spiro atoms. The lowest BCUT2D eigenvalue weighted by Crippen LogP contribution is -2.36. The van der Waals surface area contributed by atoms with Crippen LogP contribution in [0.25, 0.3) is 0 Å². The van der Waals surface area contributed by atoms with Crippen LogP contribution in [0.3, 0.4) is 0 Å². The van der Waals surface area contributed by atoms with Gasteiger partial charge in [0.05, 0.1) is 5.69 Å². The molecule has 15 heavy (non-hydrogen) atoms. The van der Waals surface area contributed by atoms with E-state index in [4.69, 9.17) is 10.5 Å². The second kappa shape index (κ2) is 3.16. The van der Waals surface area contributed by atoms with Crippen molar-refractivity contribution in [1.82, 2.24) is 0 Å². The summed E-state index contributed by atoms with van der Waals surface area (Å²) in [7, 11) is 0. The first-order valence-electron chi connectivity index (χ1n) is 5.86. The molecule has 1 aromatic rings. The van der Waals surface area contributed by atoms with Gasteiger partial charge in [0.25, 0.3) is 0 Å². The summed E-state index contributed by atoms with van der Waals surface area (Å²) in [5.74, 6) is 0.964. The van der Waals surface area contributed by atoms with E-state index in [9.17, 15) is 0 Å². The highest BCUT2D eigenvalue weighted by Gasteiger charge is 2.39. The van der Waals surface area contributed by atoms with E-state index < -0.39 is 0 Å². The van der Waals surface area contributed by atoms with Gasteiger partial charge in [0.1, 0.15) is 11.4 Å². The molecule has 2 nitrogen and oxygen atoms in total. The van der Waals surface area contributed by atoms with E-state index >= 15 is 0 Å². The third-order valence-corrected chi connectivity index (χ3v) is 3.81. The lowest BCUT2D eigenvalue weighted by Gasteiger charge is -2.36. The van der Waals surface area contributed by atoms with Gasteiger partial charge in [0.2, 0.25) is 0 Å². The second-order valence-electron chi connectivity index (χ2n) is 4.83. The average Bonchev–Trinajstić information content (AvgIpc) is 2.68. The zero-order valence-electron chi connectivity index (χ0n) is 8.96. The van der Waals surface area contributed by atoms with Gasteiger partial charge >= 0.3 is 0 Å². The molecule has 0 bridgehead atoms. The van der Waals surface area contributed by atoms with Gasteiger partial charge in [-0.05, 0) is 50.2 Å². The molecule has 1 aromatic carbocycles. The smallest absolute Gasteiger partial charge is 0.146 e. The molecule has 2 aliphatic rings. The molecule has 3 rings (SSSR count). The van der Waals surface area contributed by atoms with Gasteiger partial charge in [0, 0.05) is 0 Å². The molecular formula is C13H17NO. The standard InChI is InChI=1S/C13H17NO/c14-11-5-3-4-10-6-9-13(15-12(10)11)7-1-2-8-13/h3-5H,1-2,6-9,14H2. The van der Waals surface area contributed by atoms with Gasteiger partial charge in [-0.2, -0.15) is 0 Å². The van der Waals surface area contributed by atoms with Crippen molar-refractivity contribution in [2.24, 2.45) is 0 Å². The summed E-state index contributed by atoms with van der Waals surface area (Å²) in [5.41, 5.74) is 8.18. The highest BCUT2D eigenvalue weighted by molar-refractivity contribution is 5.57. The maximum absolute atomic E-state index is 6.19. The Hall–Kier alpha value is -1.18. The Balaban J connectivity index is 1.98. The Kier molecular flexibility index (Phi) is 1.91. The van der Waals surface area contributed by atoms with Crippen LogP contribution in [0.4, 0.5) is 5.69 Å². The lowest BCUT2D eigenvalue weighted by atomic mass is 9.89. The Morgan fingerprint density at radius 1 is 1.13 bits per heavy atom. The number of fused-ring (bicyclic) bond motifs is 1. The second-order valence-corrected chi connectivity index (χ2v) is 4.83. The van der Waals surface area contributed by atoms with Crippen molar-refractivity contribution >= 4 is 5.69 Å². The Labute approximate surface area is 90.4 Å². The van der Waals surface area contributed by atoms with Crippen LogP contribution in [0.15, 0.2) is 18.2 Å². The maximum Gasteiger partial charge on any atom is 0.146 e. The number of aryl methyl sites for hydroxylation is 1. The predicted octanol–water partition coefficient (Wildman–Crippen LogP) is 2.91. The summed E-state index contributed by atoms with van der Waals surface area (Å²) in [6.45, 7) is 0. The van der Waals surface area contributed by atoms with E-state index in [2.05, 4.69) is 6.07 Å². The molecule has 0 aromatic heterocycles. The minimum atomic E-state index is 0.127. The third kappa shape index (κ3) is 1.39. The van der Waals surface area contributed by atoms with E-state index in [1.807, 2.05) is 12.1 Å². The van der Waals surface area contributed by atoms with Gasteiger partial charge < -0.3 is 10.5 Å². The fourth-order valence-electron chi connectivity index (χ4n) is 2.93. The molecule has 0 amide bonds. The number of hydrogen-bond donors (Lipinski definition) is 1. The van der Waals surface area contributed by atoms with Crippen molar-refractivity contribution in [2.75, 3.05) is 5.73 Å². The normalized spacial score (nSPS) is 22.4. The molecule has 80 valence electrons. The number of hydrogen-bond acceptors (Lipinski definition) is 2. The zero-order valence-corrected chi connectivity index (χ0v) is 8.96. The van der Waals surface area contributed by atoms with Crippen LogP contribution in [0.5, 0.6) is 5.75 Å². The summed E-state index contributed by atoms with van der Waals surface area (Å²) in [5, 5.41) is 0. The highest BCUT2D eigenvalue weighted by atomic mass is 16.5. The first-order chi connectivity index (χ1) is 7.29. The summed E-state index contributed by atoms with van der Waals surface area (Å²) < 4.78 is 6.19. The average molecular weight is 203 g/mol. The van der Waals surface area contributed by atoms with Crippen LogP contribution < -0.4 is 10.5 Å². The summed E-state index contributed by atoms with van der Waals surface area (Å²) in [6, 6.07) is 6.09. The maximum atomic E-state index is 6.19. The fraction of sp³-hybridized carbons (Fsp3) is 0.538. The topological polar surface area (TPSA) is 35.2 Å². The van der Waals surface area contributed by atoms with Gasteiger partial charge in [0.15, 0.2) is 0 Å². The zero-order chi connectivity index (χ0) is 10.3. The van der Waals surface area contributed by atoms with E-state index in [1.165, 1.54) is 37.7 Å². The monoisotopic (exact) mass is 203 g/mol. The molecule has 0 atom stereocenters. The quantitative estimate of drug-likeness (QED) is 0.658. The molecule has 0 radical (unpaired) electrons. The molecule has 2 N–H and O–H groups in total. The van der Waals surface area contributed by atoms with Crippen molar-refractivity contribution in [2.45, 2.75) is 44.1 Å². The molecule has 1 aliphatic heterocycles. The number of rotatable bonds is 0. The number of benzene rings is 1. The number of nitrogen functional groups attached to an aromatic ring is 1. The largest absolute Gasteiger partial charge is 0.485 e. The number of anilines is 1. The van der Waals surface area contributed by atoms with Crippen molar-refractivity contribution in [3.63, 3.8) is 0 Å². The molecule has 0 unspecified atom stereocenters. The van der Waals surface area contributed by atoms with Crippen LogP contribution in [-0.2, 0) is 6.42 Å². The molecular weight excluding hydrogens is 186 g/mol.